The summed E-state index contributed by atoms with van der Waals surface area (Å²) in [4.78, 5) is 14.0. The number of nitrogens with two attached hydrogens (primary N) is 1. The Balaban J connectivity index is 2.11. The van der Waals surface area contributed by atoms with Gasteiger partial charge in [-0.15, -0.1) is 0 Å². The highest BCUT2D eigenvalue weighted by Crippen LogP contribution is 2.11. The molecule has 2 rings (SSSR count). The summed E-state index contributed by atoms with van der Waals surface area (Å²) in [5.74, 6) is 0. The summed E-state index contributed by atoms with van der Waals surface area (Å²) in [7, 11) is 0. The van der Waals surface area contributed by atoms with Crippen LogP contribution in [0, 0.1) is 0 Å². The predicted octanol–water partition coefficient (Wildman–Crippen LogP) is -0.183. The number of morpholine rings is 1. The normalized spacial score (nSPS) is 17.8. The van der Waals surface area contributed by atoms with Crippen LogP contribution >= 0.6 is 0 Å². The zero-order valence-corrected chi connectivity index (χ0v) is 10.7. The van der Waals surface area contributed by atoms with Gasteiger partial charge in [0.2, 0.25) is 0 Å². The van der Waals surface area contributed by atoms with E-state index in [9.17, 15) is 4.79 Å². The zero-order chi connectivity index (χ0) is 13.0. The molecule has 0 radical (unpaired) electrons. The molecule has 18 heavy (non-hydrogen) atoms. The number of rotatable bonds is 4. The van der Waals surface area contributed by atoms with Crippen LogP contribution in [0.2, 0.25) is 0 Å². The Bertz CT molecular complexity index is 440. The number of nitrogens with zero attached hydrogens (tertiary/aromatic N) is 3. The van der Waals surface area contributed by atoms with Gasteiger partial charge in [-0.1, -0.05) is 6.92 Å². The Kier molecular flexibility index (Phi) is 4.33. The molecule has 1 aliphatic heterocycles. The second kappa shape index (κ2) is 5.97. The molecule has 0 amide bonds. The molecule has 0 saturated carbocycles. The van der Waals surface area contributed by atoms with Crippen LogP contribution in [0.4, 0.5) is 5.69 Å². The molecular formula is C12H20N4O2. The van der Waals surface area contributed by atoms with Gasteiger partial charge in [0.1, 0.15) is 0 Å². The van der Waals surface area contributed by atoms with Gasteiger partial charge in [-0.3, -0.25) is 4.79 Å². The molecular weight excluding hydrogens is 232 g/mol. The topological polar surface area (TPSA) is 73.4 Å². The molecule has 6 heteroatoms. The maximum absolute atomic E-state index is 11.9. The highest BCUT2D eigenvalue weighted by Gasteiger charge is 2.13. The van der Waals surface area contributed by atoms with Gasteiger partial charge in [-0.2, -0.15) is 5.10 Å². The van der Waals surface area contributed by atoms with Crippen LogP contribution in [0.3, 0.4) is 0 Å². The summed E-state index contributed by atoms with van der Waals surface area (Å²) in [6.45, 7) is 5.48. The summed E-state index contributed by atoms with van der Waals surface area (Å²) < 4.78 is 6.71. The van der Waals surface area contributed by atoms with Crippen molar-refractivity contribution in [2.45, 2.75) is 25.9 Å². The van der Waals surface area contributed by atoms with Crippen molar-refractivity contribution in [2.75, 3.05) is 31.2 Å². The first kappa shape index (κ1) is 13.0. The number of hydrogen-bond donors (Lipinski definition) is 1. The summed E-state index contributed by atoms with van der Waals surface area (Å²) in [5, 5.41) is 4.18. The minimum absolute atomic E-state index is 0.0237. The third-order valence-corrected chi connectivity index (χ3v) is 3.16. The molecule has 1 saturated heterocycles. The van der Waals surface area contributed by atoms with E-state index in [1.54, 1.807) is 12.3 Å². The van der Waals surface area contributed by atoms with Crippen molar-refractivity contribution in [1.82, 2.24) is 9.78 Å². The van der Waals surface area contributed by atoms with Crippen molar-refractivity contribution in [2.24, 2.45) is 5.73 Å². The van der Waals surface area contributed by atoms with Crippen LogP contribution in [0.25, 0.3) is 0 Å². The molecule has 6 nitrogen and oxygen atoms in total. The molecule has 1 unspecified atom stereocenters. The molecule has 1 atom stereocenters. The largest absolute Gasteiger partial charge is 0.378 e. The van der Waals surface area contributed by atoms with Crippen LogP contribution < -0.4 is 16.2 Å². The standard InChI is InChI=1S/C12H20N4O2/c1-2-10(13)9-16-12(17)7-11(8-14-16)15-3-5-18-6-4-15/h7-8,10H,2-6,9,13H2,1H3. The quantitative estimate of drug-likeness (QED) is 0.804. The lowest BCUT2D eigenvalue weighted by Gasteiger charge is -2.28. The van der Waals surface area contributed by atoms with Gasteiger partial charge in [0.05, 0.1) is 31.6 Å². The van der Waals surface area contributed by atoms with Crippen LogP contribution in [0.5, 0.6) is 0 Å². The Labute approximate surface area is 106 Å². The lowest BCUT2D eigenvalue weighted by molar-refractivity contribution is 0.122. The van der Waals surface area contributed by atoms with Gasteiger partial charge in [0.25, 0.3) is 5.56 Å². The molecule has 0 bridgehead atoms. The average Bonchev–Trinajstić information content (AvgIpc) is 2.42. The molecule has 2 N–H and O–H groups in total. The average molecular weight is 252 g/mol. The first-order valence-electron chi connectivity index (χ1n) is 6.36. The van der Waals surface area contributed by atoms with E-state index < -0.39 is 0 Å². The van der Waals surface area contributed by atoms with Gasteiger partial charge in [0.15, 0.2) is 0 Å². The molecule has 0 aliphatic carbocycles. The Morgan fingerprint density at radius 3 is 2.83 bits per heavy atom. The number of hydrogen-bond acceptors (Lipinski definition) is 5. The smallest absolute Gasteiger partial charge is 0.268 e. The van der Waals surface area contributed by atoms with Crippen molar-refractivity contribution in [3.63, 3.8) is 0 Å². The van der Waals surface area contributed by atoms with E-state index in [0.717, 1.165) is 25.2 Å². The minimum Gasteiger partial charge on any atom is -0.378 e. The molecule has 100 valence electrons. The third-order valence-electron chi connectivity index (χ3n) is 3.16. The van der Waals surface area contributed by atoms with Crippen LogP contribution in [-0.4, -0.2) is 42.1 Å². The van der Waals surface area contributed by atoms with Gasteiger partial charge < -0.3 is 15.4 Å². The van der Waals surface area contributed by atoms with Gasteiger partial charge >= 0.3 is 0 Å². The monoisotopic (exact) mass is 252 g/mol. The highest BCUT2D eigenvalue weighted by atomic mass is 16.5. The maximum atomic E-state index is 11.9. The maximum Gasteiger partial charge on any atom is 0.268 e. The van der Waals surface area contributed by atoms with Crippen molar-refractivity contribution >= 4 is 5.69 Å². The van der Waals surface area contributed by atoms with Crippen molar-refractivity contribution in [1.29, 1.82) is 0 Å². The summed E-state index contributed by atoms with van der Waals surface area (Å²) in [6.07, 6.45) is 2.56. The van der Waals surface area contributed by atoms with Crippen molar-refractivity contribution < 1.29 is 4.74 Å². The first-order chi connectivity index (χ1) is 8.70. The lowest BCUT2D eigenvalue weighted by Crippen LogP contribution is -2.38. The fourth-order valence-electron chi connectivity index (χ4n) is 1.91. The minimum atomic E-state index is -0.0945. The van der Waals surface area contributed by atoms with E-state index in [2.05, 4.69) is 10.00 Å². The summed E-state index contributed by atoms with van der Waals surface area (Å²) in [5.41, 5.74) is 6.60. The molecule has 1 aromatic rings. The van der Waals surface area contributed by atoms with Crippen LogP contribution in [0.1, 0.15) is 13.3 Å². The number of aromatic nitrogens is 2. The second-order valence-corrected chi connectivity index (χ2v) is 4.50. The van der Waals surface area contributed by atoms with Crippen molar-refractivity contribution in [3.8, 4) is 0 Å². The predicted molar refractivity (Wildman–Crippen MR) is 69.8 cm³/mol. The van der Waals surface area contributed by atoms with E-state index in [1.807, 2.05) is 6.92 Å². The highest BCUT2D eigenvalue weighted by molar-refractivity contribution is 5.43. The second-order valence-electron chi connectivity index (χ2n) is 4.50. The molecule has 0 aromatic carbocycles. The van der Waals surface area contributed by atoms with Gasteiger partial charge in [-0.05, 0) is 6.42 Å². The Morgan fingerprint density at radius 2 is 2.22 bits per heavy atom. The van der Waals surface area contributed by atoms with E-state index in [-0.39, 0.29) is 11.6 Å². The van der Waals surface area contributed by atoms with Crippen LogP contribution in [-0.2, 0) is 11.3 Å². The van der Waals surface area contributed by atoms with E-state index >= 15 is 0 Å². The van der Waals surface area contributed by atoms with Crippen LogP contribution in [0.15, 0.2) is 17.1 Å². The molecule has 1 fully saturated rings. The number of ether oxygens (including phenoxy) is 1. The first-order valence-corrected chi connectivity index (χ1v) is 6.36. The number of anilines is 1. The zero-order valence-electron chi connectivity index (χ0n) is 10.7. The third kappa shape index (κ3) is 3.08. The Morgan fingerprint density at radius 1 is 1.50 bits per heavy atom. The Hall–Kier alpha value is -1.40. The lowest BCUT2D eigenvalue weighted by atomic mass is 10.2. The van der Waals surface area contributed by atoms with Crippen molar-refractivity contribution in [3.05, 3.63) is 22.6 Å². The van der Waals surface area contributed by atoms with E-state index in [0.29, 0.717) is 19.8 Å². The van der Waals surface area contributed by atoms with E-state index in [4.69, 9.17) is 10.5 Å². The van der Waals surface area contributed by atoms with Gasteiger partial charge in [-0.25, -0.2) is 4.68 Å². The molecule has 1 aromatic heterocycles. The molecule has 1 aliphatic rings. The fraction of sp³-hybridized carbons (Fsp3) is 0.667. The molecule has 0 spiro atoms. The summed E-state index contributed by atoms with van der Waals surface area (Å²) >= 11 is 0. The van der Waals surface area contributed by atoms with E-state index in [1.165, 1.54) is 4.68 Å². The molecule has 2 heterocycles. The van der Waals surface area contributed by atoms with Gasteiger partial charge in [0, 0.05) is 25.2 Å². The SMILES string of the molecule is CCC(N)Cn1ncc(N2CCOCC2)cc1=O. The summed E-state index contributed by atoms with van der Waals surface area (Å²) in [6, 6.07) is 1.60. The fourth-order valence-corrected chi connectivity index (χ4v) is 1.91.